The molecule has 0 bridgehead atoms. The van der Waals surface area contributed by atoms with Crippen LogP contribution >= 0.6 is 35.0 Å². The van der Waals surface area contributed by atoms with Gasteiger partial charge in [0, 0.05) is 21.8 Å². The lowest BCUT2D eigenvalue weighted by atomic mass is 10.2. The molecule has 1 heterocycles. The number of carbonyl (C=O) groups is 2. The average Bonchev–Trinajstić information content (AvgIpc) is 2.84. The Bertz CT molecular complexity index is 1130. The molecule has 0 aliphatic carbocycles. The normalized spacial score (nSPS) is 11.1. The van der Waals surface area contributed by atoms with Crippen molar-refractivity contribution in [2.75, 3.05) is 12.4 Å². The van der Waals surface area contributed by atoms with Crippen LogP contribution in [-0.4, -0.2) is 46.6 Å². The van der Waals surface area contributed by atoms with Gasteiger partial charge in [0.1, 0.15) is 0 Å². The number of carbonyl (C=O) groups excluding carboxylic acids is 2. The number of nitrogens with one attached hydrogen (secondary N) is 2. The number of hydrazone groups is 2. The third-order valence-electron chi connectivity index (χ3n) is 4.04. The summed E-state index contributed by atoms with van der Waals surface area (Å²) in [5.41, 5.74) is 7.01. The Balaban J connectivity index is 1.43. The second-order valence-corrected chi connectivity index (χ2v) is 8.71. The Labute approximate surface area is 216 Å². The van der Waals surface area contributed by atoms with Crippen molar-refractivity contribution in [2.45, 2.75) is 12.1 Å². The quantitative estimate of drug-likeness (QED) is 0.178. The first-order valence-corrected chi connectivity index (χ1v) is 11.9. The molecule has 12 heteroatoms. The van der Waals surface area contributed by atoms with Gasteiger partial charge in [0.05, 0.1) is 18.2 Å². The van der Waals surface area contributed by atoms with Gasteiger partial charge in [-0.25, -0.2) is 15.8 Å². The predicted octanol–water partition coefficient (Wildman–Crippen LogP) is 3.86. The zero-order valence-electron chi connectivity index (χ0n) is 18.4. The zero-order chi connectivity index (χ0) is 25.0. The van der Waals surface area contributed by atoms with E-state index in [9.17, 15) is 9.59 Å². The molecule has 0 fully saturated rings. The molecule has 0 unspecified atom stereocenters. The van der Waals surface area contributed by atoms with Gasteiger partial charge in [-0.3, -0.25) is 9.59 Å². The first-order valence-electron chi connectivity index (χ1n) is 10.1. The fourth-order valence-corrected chi connectivity index (χ4v) is 3.38. The van der Waals surface area contributed by atoms with Crippen molar-refractivity contribution in [1.29, 1.82) is 0 Å². The summed E-state index contributed by atoms with van der Waals surface area (Å²) in [5.74, 6) is -0.539. The molecule has 35 heavy (non-hydrogen) atoms. The topological polar surface area (TPSA) is 118 Å². The number of hydrogen-bond acceptors (Lipinski definition) is 8. The van der Waals surface area contributed by atoms with Crippen molar-refractivity contribution < 1.29 is 14.3 Å². The highest BCUT2D eigenvalue weighted by Crippen LogP contribution is 2.17. The summed E-state index contributed by atoms with van der Waals surface area (Å²) in [6.07, 6.45) is 3.00. The Morgan fingerprint density at radius 1 is 0.914 bits per heavy atom. The molecule has 0 aliphatic heterocycles. The highest BCUT2D eigenvalue weighted by Gasteiger charge is 2.09. The summed E-state index contributed by atoms with van der Waals surface area (Å²) in [6, 6.07) is 15.6. The first-order chi connectivity index (χ1) is 16.9. The number of aromatic nitrogens is 2. The Kier molecular flexibility index (Phi) is 10.0. The van der Waals surface area contributed by atoms with Crippen molar-refractivity contribution in [1.82, 2.24) is 20.8 Å². The molecular weight excluding hydrogens is 511 g/mol. The number of hydrogen-bond donors (Lipinski definition) is 2. The molecule has 3 aromatic rings. The van der Waals surface area contributed by atoms with E-state index in [0.29, 0.717) is 20.9 Å². The molecule has 0 saturated heterocycles. The maximum Gasteiger partial charge on any atom is 0.278 e. The van der Waals surface area contributed by atoms with Gasteiger partial charge >= 0.3 is 0 Å². The van der Waals surface area contributed by atoms with Crippen LogP contribution in [0.3, 0.4) is 0 Å². The minimum atomic E-state index is -0.460. The van der Waals surface area contributed by atoms with E-state index < -0.39 is 5.91 Å². The van der Waals surface area contributed by atoms with Gasteiger partial charge in [0.2, 0.25) is 5.88 Å². The molecule has 2 amide bonds. The molecular formula is C23H20Cl2N6O3S. The Morgan fingerprint density at radius 2 is 1.46 bits per heavy atom. The number of benzene rings is 2. The van der Waals surface area contributed by atoms with Crippen molar-refractivity contribution in [2.24, 2.45) is 10.2 Å². The lowest BCUT2D eigenvalue weighted by Crippen LogP contribution is -2.25. The van der Waals surface area contributed by atoms with Crippen LogP contribution in [-0.2, 0) is 9.59 Å². The van der Waals surface area contributed by atoms with Gasteiger partial charge in [0.15, 0.2) is 11.8 Å². The fraction of sp³-hybridized carbons (Fsp3) is 0.130. The van der Waals surface area contributed by atoms with Gasteiger partial charge in [-0.2, -0.15) is 15.2 Å². The second-order valence-electron chi connectivity index (χ2n) is 6.90. The average molecular weight is 531 g/mol. The predicted molar refractivity (Wildman–Crippen MR) is 137 cm³/mol. The summed E-state index contributed by atoms with van der Waals surface area (Å²) in [7, 11) is 0. The van der Waals surface area contributed by atoms with Gasteiger partial charge < -0.3 is 4.74 Å². The van der Waals surface area contributed by atoms with Gasteiger partial charge in [-0.15, -0.1) is 0 Å². The SMILES string of the molecule is Cc1cc(OCC(=O)N/N=C\c2ccc(Cl)cc2)nc(SCC(=O)N/N=C\c2ccc(Cl)cc2)n1. The van der Waals surface area contributed by atoms with Crippen LogP contribution in [0.1, 0.15) is 16.8 Å². The molecule has 0 spiro atoms. The van der Waals surface area contributed by atoms with Crippen LogP contribution in [0.25, 0.3) is 0 Å². The molecule has 2 aromatic carbocycles. The van der Waals surface area contributed by atoms with Crippen molar-refractivity contribution >= 4 is 59.2 Å². The molecule has 1 aromatic heterocycles. The van der Waals surface area contributed by atoms with E-state index in [1.807, 2.05) is 0 Å². The molecule has 0 atom stereocenters. The maximum absolute atomic E-state index is 12.0. The number of thioether (sulfide) groups is 1. The highest BCUT2D eigenvalue weighted by molar-refractivity contribution is 7.99. The van der Waals surface area contributed by atoms with Crippen LogP contribution < -0.4 is 15.6 Å². The lowest BCUT2D eigenvalue weighted by Gasteiger charge is -2.07. The number of halogens is 2. The minimum absolute atomic E-state index is 0.0424. The van der Waals surface area contributed by atoms with Crippen LogP contribution in [0, 0.1) is 6.92 Å². The third kappa shape index (κ3) is 9.73. The van der Waals surface area contributed by atoms with Crippen molar-refractivity contribution in [3.8, 4) is 5.88 Å². The lowest BCUT2D eigenvalue weighted by molar-refractivity contribution is -0.123. The number of ether oxygens (including phenoxy) is 1. The van der Waals surface area contributed by atoms with Gasteiger partial charge in [-0.1, -0.05) is 59.2 Å². The number of rotatable bonds is 10. The van der Waals surface area contributed by atoms with Gasteiger partial charge in [0.25, 0.3) is 11.8 Å². The summed E-state index contributed by atoms with van der Waals surface area (Å²) in [6.45, 7) is 1.46. The van der Waals surface area contributed by atoms with E-state index >= 15 is 0 Å². The fourth-order valence-electron chi connectivity index (χ4n) is 2.44. The Morgan fingerprint density at radius 3 is 2.03 bits per heavy atom. The van der Waals surface area contributed by atoms with Crippen LogP contribution in [0.4, 0.5) is 0 Å². The van der Waals surface area contributed by atoms with Gasteiger partial charge in [-0.05, 0) is 42.3 Å². The summed E-state index contributed by atoms with van der Waals surface area (Å²) in [4.78, 5) is 32.5. The number of amides is 2. The largest absolute Gasteiger partial charge is 0.467 e. The van der Waals surface area contributed by atoms with E-state index in [2.05, 4.69) is 31.0 Å². The number of aryl methyl sites for hydroxylation is 1. The van der Waals surface area contributed by atoms with E-state index in [1.54, 1.807) is 61.5 Å². The van der Waals surface area contributed by atoms with E-state index in [0.717, 1.165) is 22.9 Å². The zero-order valence-corrected chi connectivity index (χ0v) is 20.8. The molecule has 0 saturated carbocycles. The molecule has 9 nitrogen and oxygen atoms in total. The maximum atomic E-state index is 12.0. The summed E-state index contributed by atoms with van der Waals surface area (Å²) >= 11 is 12.8. The standard InChI is InChI=1S/C23H20Cl2N6O3S/c1-15-10-22(34-13-20(32)30-26-11-16-2-6-18(24)7-3-16)29-23(28-15)35-14-21(33)31-27-12-17-4-8-19(25)9-5-17/h2-12H,13-14H2,1H3,(H,30,32)(H,31,33)/b26-11-,27-12-. The smallest absolute Gasteiger partial charge is 0.278 e. The molecule has 2 N–H and O–H groups in total. The highest BCUT2D eigenvalue weighted by atomic mass is 35.5. The van der Waals surface area contributed by atoms with Crippen LogP contribution in [0.5, 0.6) is 5.88 Å². The van der Waals surface area contributed by atoms with Crippen molar-refractivity contribution in [3.05, 3.63) is 81.5 Å². The van der Waals surface area contributed by atoms with E-state index in [-0.39, 0.29) is 24.1 Å². The van der Waals surface area contributed by atoms with Crippen LogP contribution in [0.15, 0.2) is 70.0 Å². The molecule has 0 radical (unpaired) electrons. The summed E-state index contributed by atoms with van der Waals surface area (Å²) in [5, 5.41) is 9.34. The van der Waals surface area contributed by atoms with E-state index in [4.69, 9.17) is 27.9 Å². The summed E-state index contributed by atoms with van der Waals surface area (Å²) < 4.78 is 5.44. The number of nitrogens with zero attached hydrogens (tertiary/aromatic N) is 4. The molecule has 180 valence electrons. The molecule has 3 rings (SSSR count). The monoisotopic (exact) mass is 530 g/mol. The Hall–Kier alpha value is -3.47. The first kappa shape index (κ1) is 26.1. The molecule has 0 aliphatic rings. The van der Waals surface area contributed by atoms with E-state index in [1.165, 1.54) is 12.4 Å². The van der Waals surface area contributed by atoms with Crippen LogP contribution in [0.2, 0.25) is 10.0 Å². The third-order valence-corrected chi connectivity index (χ3v) is 5.39. The second kappa shape index (κ2) is 13.4. The minimum Gasteiger partial charge on any atom is -0.467 e. The van der Waals surface area contributed by atoms with Crippen molar-refractivity contribution in [3.63, 3.8) is 0 Å².